The van der Waals surface area contributed by atoms with Crippen molar-refractivity contribution in [1.29, 1.82) is 0 Å². The molecule has 2 rings (SSSR count). The third kappa shape index (κ3) is 3.04. The second-order valence-electron chi connectivity index (χ2n) is 3.88. The van der Waals surface area contributed by atoms with E-state index in [2.05, 4.69) is 26.2 Å². The van der Waals surface area contributed by atoms with Gasteiger partial charge in [-0.3, -0.25) is 0 Å². The van der Waals surface area contributed by atoms with Crippen LogP contribution in [0, 0.1) is 11.8 Å². The van der Waals surface area contributed by atoms with E-state index in [-0.39, 0.29) is 11.9 Å². The lowest BCUT2D eigenvalue weighted by Crippen LogP contribution is -2.09. The second-order valence-corrected chi connectivity index (χ2v) is 4.73. The van der Waals surface area contributed by atoms with Crippen LogP contribution in [-0.2, 0) is 0 Å². The lowest BCUT2D eigenvalue weighted by molar-refractivity contribution is 0.584. The molecule has 0 saturated carbocycles. The van der Waals surface area contributed by atoms with Gasteiger partial charge in [0.2, 0.25) is 5.95 Å². The largest absolute Gasteiger partial charge is 0.363 e. The number of aromatic nitrogens is 1. The minimum atomic E-state index is -0.537. The number of pyridine rings is 1. The fourth-order valence-corrected chi connectivity index (χ4v) is 2.34. The molecule has 1 aromatic carbocycles. The summed E-state index contributed by atoms with van der Waals surface area (Å²) in [4.78, 5) is 3.72. The lowest BCUT2D eigenvalue weighted by atomic mass is 10.1. The van der Waals surface area contributed by atoms with Crippen LogP contribution in [0.2, 0.25) is 0 Å². The van der Waals surface area contributed by atoms with E-state index in [4.69, 9.17) is 0 Å². The summed E-state index contributed by atoms with van der Waals surface area (Å²) in [5, 5.41) is 3.06. The molecule has 0 aliphatic rings. The van der Waals surface area contributed by atoms with E-state index in [0.29, 0.717) is 10.3 Å². The van der Waals surface area contributed by atoms with Crippen molar-refractivity contribution in [2.75, 3.05) is 5.32 Å². The zero-order valence-corrected chi connectivity index (χ0v) is 11.2. The standard InChI is InChI=1S/C13H11BrF2N2/c1-8(10-6-5-9(15)7-11(10)14)17-13-4-2-3-12(16)18-13/h2-8H,1H3,(H,17,18). The van der Waals surface area contributed by atoms with E-state index in [1.54, 1.807) is 18.2 Å². The van der Waals surface area contributed by atoms with Gasteiger partial charge in [0.1, 0.15) is 11.6 Å². The molecule has 5 heteroatoms. The minimum Gasteiger partial charge on any atom is -0.363 e. The van der Waals surface area contributed by atoms with E-state index in [1.165, 1.54) is 18.2 Å². The van der Waals surface area contributed by atoms with Crippen molar-refractivity contribution in [3.05, 3.63) is 58.2 Å². The monoisotopic (exact) mass is 312 g/mol. The average molecular weight is 313 g/mol. The first-order valence-corrected chi connectivity index (χ1v) is 6.19. The number of benzene rings is 1. The fourth-order valence-electron chi connectivity index (χ4n) is 1.64. The van der Waals surface area contributed by atoms with Crippen LogP contribution in [0.25, 0.3) is 0 Å². The molecule has 0 aliphatic carbocycles. The Morgan fingerprint density at radius 2 is 2.00 bits per heavy atom. The van der Waals surface area contributed by atoms with Gasteiger partial charge in [0.25, 0.3) is 0 Å². The number of hydrogen-bond donors (Lipinski definition) is 1. The molecule has 0 bridgehead atoms. The number of hydrogen-bond acceptors (Lipinski definition) is 2. The van der Waals surface area contributed by atoms with Gasteiger partial charge in [-0.05, 0) is 36.8 Å². The highest BCUT2D eigenvalue weighted by molar-refractivity contribution is 9.10. The number of anilines is 1. The van der Waals surface area contributed by atoms with Crippen LogP contribution in [0.4, 0.5) is 14.6 Å². The van der Waals surface area contributed by atoms with Crippen molar-refractivity contribution in [1.82, 2.24) is 4.98 Å². The zero-order chi connectivity index (χ0) is 13.1. The number of nitrogens with zero attached hydrogens (tertiary/aromatic N) is 1. The molecule has 1 atom stereocenters. The quantitative estimate of drug-likeness (QED) is 0.855. The maximum atomic E-state index is 13.0. The minimum absolute atomic E-state index is 0.116. The first kappa shape index (κ1) is 13.0. The summed E-state index contributed by atoms with van der Waals surface area (Å²) in [7, 11) is 0. The highest BCUT2D eigenvalue weighted by Gasteiger charge is 2.10. The molecular formula is C13H11BrF2N2. The summed E-state index contributed by atoms with van der Waals surface area (Å²) in [5.41, 5.74) is 0.877. The predicted molar refractivity (Wildman–Crippen MR) is 70.3 cm³/mol. The topological polar surface area (TPSA) is 24.9 Å². The molecule has 18 heavy (non-hydrogen) atoms. The molecule has 0 aliphatic heterocycles. The van der Waals surface area contributed by atoms with Crippen LogP contribution in [-0.4, -0.2) is 4.98 Å². The van der Waals surface area contributed by atoms with Crippen LogP contribution < -0.4 is 5.32 Å². The van der Waals surface area contributed by atoms with Gasteiger partial charge in [-0.25, -0.2) is 9.37 Å². The average Bonchev–Trinajstić information content (AvgIpc) is 2.28. The number of nitrogens with one attached hydrogen (secondary N) is 1. The molecular weight excluding hydrogens is 302 g/mol. The summed E-state index contributed by atoms with van der Waals surface area (Å²) in [5.74, 6) is -0.397. The Bertz CT molecular complexity index is 560. The van der Waals surface area contributed by atoms with E-state index < -0.39 is 5.95 Å². The summed E-state index contributed by atoms with van der Waals surface area (Å²) in [6.45, 7) is 1.89. The molecule has 0 saturated heterocycles. The van der Waals surface area contributed by atoms with Crippen LogP contribution in [0.1, 0.15) is 18.5 Å². The smallest absolute Gasteiger partial charge is 0.214 e. The normalized spacial score (nSPS) is 12.2. The van der Waals surface area contributed by atoms with Crippen molar-refractivity contribution in [3.63, 3.8) is 0 Å². The molecule has 2 nitrogen and oxygen atoms in total. The summed E-state index contributed by atoms with van der Waals surface area (Å²) in [6, 6.07) is 8.88. The zero-order valence-electron chi connectivity index (χ0n) is 9.62. The maximum Gasteiger partial charge on any atom is 0.214 e. The van der Waals surface area contributed by atoms with E-state index in [0.717, 1.165) is 5.56 Å². The molecule has 1 N–H and O–H groups in total. The number of rotatable bonds is 3. The third-order valence-electron chi connectivity index (χ3n) is 2.51. The van der Waals surface area contributed by atoms with Crippen molar-refractivity contribution < 1.29 is 8.78 Å². The number of halogens is 3. The van der Waals surface area contributed by atoms with Gasteiger partial charge >= 0.3 is 0 Å². The molecule has 1 aromatic heterocycles. The lowest BCUT2D eigenvalue weighted by Gasteiger charge is -2.16. The molecule has 0 fully saturated rings. The van der Waals surface area contributed by atoms with Crippen LogP contribution in [0.5, 0.6) is 0 Å². The molecule has 0 spiro atoms. The highest BCUT2D eigenvalue weighted by atomic mass is 79.9. The fraction of sp³-hybridized carbons (Fsp3) is 0.154. The van der Waals surface area contributed by atoms with Crippen molar-refractivity contribution in [2.24, 2.45) is 0 Å². The maximum absolute atomic E-state index is 13.0. The molecule has 0 amide bonds. The Morgan fingerprint density at radius 3 is 2.67 bits per heavy atom. The van der Waals surface area contributed by atoms with Gasteiger partial charge in [-0.15, -0.1) is 0 Å². The Morgan fingerprint density at radius 1 is 1.22 bits per heavy atom. The van der Waals surface area contributed by atoms with E-state index >= 15 is 0 Å². The first-order chi connectivity index (χ1) is 8.56. The summed E-state index contributed by atoms with van der Waals surface area (Å²) in [6.07, 6.45) is 0. The predicted octanol–water partition coefficient (Wildman–Crippen LogP) is 4.30. The molecule has 0 radical (unpaired) electrons. The SMILES string of the molecule is CC(Nc1cccc(F)n1)c1ccc(F)cc1Br. The third-order valence-corrected chi connectivity index (χ3v) is 3.20. The van der Waals surface area contributed by atoms with Crippen molar-refractivity contribution in [3.8, 4) is 0 Å². The van der Waals surface area contributed by atoms with Gasteiger partial charge in [0.05, 0.1) is 6.04 Å². The van der Waals surface area contributed by atoms with Gasteiger partial charge < -0.3 is 5.32 Å². The molecule has 94 valence electrons. The van der Waals surface area contributed by atoms with Crippen LogP contribution in [0.15, 0.2) is 40.9 Å². The second kappa shape index (κ2) is 5.44. The van der Waals surface area contributed by atoms with Gasteiger partial charge in [0, 0.05) is 4.47 Å². The Kier molecular flexibility index (Phi) is 3.91. The Hall–Kier alpha value is -1.49. The van der Waals surface area contributed by atoms with Crippen molar-refractivity contribution in [2.45, 2.75) is 13.0 Å². The van der Waals surface area contributed by atoms with E-state index in [9.17, 15) is 8.78 Å². The van der Waals surface area contributed by atoms with Crippen LogP contribution >= 0.6 is 15.9 Å². The van der Waals surface area contributed by atoms with Crippen LogP contribution in [0.3, 0.4) is 0 Å². The van der Waals surface area contributed by atoms with Gasteiger partial charge in [-0.1, -0.05) is 28.1 Å². The summed E-state index contributed by atoms with van der Waals surface area (Å²) < 4.78 is 26.6. The summed E-state index contributed by atoms with van der Waals surface area (Å²) >= 11 is 3.30. The Labute approximate surface area is 112 Å². The van der Waals surface area contributed by atoms with Crippen molar-refractivity contribution >= 4 is 21.7 Å². The highest BCUT2D eigenvalue weighted by Crippen LogP contribution is 2.26. The first-order valence-electron chi connectivity index (χ1n) is 5.40. The van der Waals surface area contributed by atoms with Gasteiger partial charge in [-0.2, -0.15) is 4.39 Å². The van der Waals surface area contributed by atoms with E-state index in [1.807, 2.05) is 6.92 Å². The Balaban J connectivity index is 2.19. The van der Waals surface area contributed by atoms with Gasteiger partial charge in [0.15, 0.2) is 0 Å². The molecule has 2 aromatic rings. The molecule has 1 heterocycles. The molecule has 1 unspecified atom stereocenters.